The molecule has 0 saturated heterocycles. The lowest BCUT2D eigenvalue weighted by Crippen LogP contribution is -2.59. The van der Waals surface area contributed by atoms with Crippen LogP contribution in [0.25, 0.3) is 0 Å². The molecule has 0 amide bonds. The SMILES string of the molecule is CC(C)=CCC[C@@H](C)[C@H]1CC[C@H]2[C@@H]3CC=C4C(C)(C)[C@H](O)CC[C@]4(C)[C@H]3[C@H](O)C[C@]12C. The van der Waals surface area contributed by atoms with Crippen LogP contribution in [0.5, 0.6) is 0 Å². The third-order valence-corrected chi connectivity index (χ3v) is 10.8. The van der Waals surface area contributed by atoms with E-state index in [1.54, 1.807) is 0 Å². The fourth-order valence-electron chi connectivity index (χ4n) is 9.34. The zero-order valence-electron chi connectivity index (χ0n) is 21.2. The zero-order chi connectivity index (χ0) is 22.8. The molecule has 0 spiro atoms. The first-order chi connectivity index (χ1) is 14.4. The number of hydrogen-bond acceptors (Lipinski definition) is 2. The highest BCUT2D eigenvalue weighted by molar-refractivity contribution is 5.32. The van der Waals surface area contributed by atoms with Gasteiger partial charge >= 0.3 is 0 Å². The predicted octanol–water partition coefficient (Wildman–Crippen LogP) is 6.92. The van der Waals surface area contributed by atoms with Crippen LogP contribution in [0.3, 0.4) is 0 Å². The summed E-state index contributed by atoms with van der Waals surface area (Å²) in [6, 6.07) is 0. The lowest BCUT2D eigenvalue weighted by atomic mass is 9.43. The first kappa shape index (κ1) is 23.6. The average Bonchev–Trinajstić information content (AvgIpc) is 3.01. The van der Waals surface area contributed by atoms with E-state index in [4.69, 9.17) is 0 Å². The van der Waals surface area contributed by atoms with Crippen LogP contribution in [0.2, 0.25) is 0 Å². The minimum atomic E-state index is -0.258. The molecule has 0 radical (unpaired) electrons. The second-order valence-electron chi connectivity index (χ2n) is 13.1. The molecule has 9 atom stereocenters. The fraction of sp³-hybridized carbons (Fsp3) is 0.862. The standard InChI is InChI=1S/C29H48O2/c1-18(2)9-8-10-19(3)21-12-13-22-20-11-14-24-27(4,5)25(31)15-16-28(24,6)26(20)23(30)17-29(21,22)7/h9,14,19-23,25-26,30-31H,8,10-13,15-17H2,1-7H3/t19-,20+,21-,22+,23-,25-,26-,28+,29-/m1/s1. The van der Waals surface area contributed by atoms with Crippen molar-refractivity contribution in [3.05, 3.63) is 23.3 Å². The molecule has 4 rings (SSSR count). The maximum Gasteiger partial charge on any atom is 0.0628 e. The molecule has 0 aromatic carbocycles. The number of aliphatic hydroxyl groups is 2. The van der Waals surface area contributed by atoms with Gasteiger partial charge in [0.15, 0.2) is 0 Å². The van der Waals surface area contributed by atoms with Crippen LogP contribution in [0.4, 0.5) is 0 Å². The van der Waals surface area contributed by atoms with Crippen molar-refractivity contribution in [3.63, 3.8) is 0 Å². The molecule has 2 heteroatoms. The Balaban J connectivity index is 1.61. The number of fused-ring (bicyclic) bond motifs is 5. The van der Waals surface area contributed by atoms with Crippen LogP contribution in [0.15, 0.2) is 23.3 Å². The van der Waals surface area contributed by atoms with Gasteiger partial charge in [0.1, 0.15) is 0 Å². The quantitative estimate of drug-likeness (QED) is 0.477. The van der Waals surface area contributed by atoms with Gasteiger partial charge in [-0.15, -0.1) is 0 Å². The Morgan fingerprint density at radius 3 is 2.52 bits per heavy atom. The summed E-state index contributed by atoms with van der Waals surface area (Å²) in [7, 11) is 0. The Morgan fingerprint density at radius 2 is 1.84 bits per heavy atom. The smallest absolute Gasteiger partial charge is 0.0628 e. The zero-order valence-corrected chi connectivity index (χ0v) is 21.2. The van der Waals surface area contributed by atoms with Crippen LogP contribution >= 0.6 is 0 Å². The van der Waals surface area contributed by atoms with Crippen molar-refractivity contribution in [2.45, 2.75) is 112 Å². The lowest BCUT2D eigenvalue weighted by molar-refractivity contribution is -0.139. The summed E-state index contributed by atoms with van der Waals surface area (Å²) in [4.78, 5) is 0. The molecular weight excluding hydrogens is 380 g/mol. The molecule has 0 heterocycles. The van der Waals surface area contributed by atoms with Gasteiger partial charge in [-0.3, -0.25) is 0 Å². The summed E-state index contributed by atoms with van der Waals surface area (Å²) in [6.07, 6.45) is 13.5. The van der Waals surface area contributed by atoms with Crippen molar-refractivity contribution in [2.24, 2.45) is 45.8 Å². The van der Waals surface area contributed by atoms with Gasteiger partial charge in [-0.25, -0.2) is 0 Å². The van der Waals surface area contributed by atoms with Crippen LogP contribution < -0.4 is 0 Å². The molecule has 0 unspecified atom stereocenters. The van der Waals surface area contributed by atoms with Gasteiger partial charge < -0.3 is 10.2 Å². The summed E-state index contributed by atoms with van der Waals surface area (Å²) in [6.45, 7) is 16.3. The van der Waals surface area contributed by atoms with Gasteiger partial charge in [0.05, 0.1) is 12.2 Å². The second-order valence-corrected chi connectivity index (χ2v) is 13.1. The highest BCUT2D eigenvalue weighted by Crippen LogP contribution is 2.68. The molecule has 0 aromatic rings. The first-order valence-corrected chi connectivity index (χ1v) is 13.1. The van der Waals surface area contributed by atoms with E-state index in [0.717, 1.165) is 43.4 Å². The van der Waals surface area contributed by atoms with Crippen molar-refractivity contribution < 1.29 is 10.2 Å². The Labute approximate surface area is 191 Å². The van der Waals surface area contributed by atoms with Gasteiger partial charge in [-0.2, -0.15) is 0 Å². The summed E-state index contributed by atoms with van der Waals surface area (Å²) in [5.74, 6) is 3.16. The Hall–Kier alpha value is -0.600. The number of rotatable bonds is 4. The molecule has 31 heavy (non-hydrogen) atoms. The van der Waals surface area contributed by atoms with Gasteiger partial charge in [-0.1, -0.05) is 57.9 Å². The van der Waals surface area contributed by atoms with Crippen LogP contribution in [-0.2, 0) is 0 Å². The van der Waals surface area contributed by atoms with Gasteiger partial charge in [-0.05, 0) is 106 Å². The molecule has 4 aliphatic carbocycles. The minimum absolute atomic E-state index is 0.0412. The largest absolute Gasteiger partial charge is 0.393 e. The third kappa shape index (κ3) is 3.59. The Morgan fingerprint density at radius 1 is 1.13 bits per heavy atom. The van der Waals surface area contributed by atoms with Crippen molar-refractivity contribution >= 4 is 0 Å². The monoisotopic (exact) mass is 428 g/mol. The minimum Gasteiger partial charge on any atom is -0.393 e. The van der Waals surface area contributed by atoms with Crippen molar-refractivity contribution in [2.75, 3.05) is 0 Å². The fourth-order valence-corrected chi connectivity index (χ4v) is 9.34. The maximum atomic E-state index is 11.7. The predicted molar refractivity (Wildman–Crippen MR) is 130 cm³/mol. The Kier molecular flexibility index (Phi) is 6.09. The number of allylic oxidation sites excluding steroid dienone is 3. The first-order valence-electron chi connectivity index (χ1n) is 13.1. The highest BCUT2D eigenvalue weighted by atomic mass is 16.3. The lowest BCUT2D eigenvalue weighted by Gasteiger charge is -2.62. The second kappa shape index (κ2) is 8.01. The van der Waals surface area contributed by atoms with E-state index >= 15 is 0 Å². The molecule has 2 nitrogen and oxygen atoms in total. The normalized spacial score (nSPS) is 46.9. The van der Waals surface area contributed by atoms with Crippen LogP contribution in [0, 0.1) is 45.8 Å². The van der Waals surface area contributed by atoms with Crippen molar-refractivity contribution in [1.29, 1.82) is 0 Å². The molecule has 0 bridgehead atoms. The van der Waals surface area contributed by atoms with Gasteiger partial charge in [0, 0.05) is 5.41 Å². The third-order valence-electron chi connectivity index (χ3n) is 10.8. The topological polar surface area (TPSA) is 40.5 Å². The van der Waals surface area contributed by atoms with Gasteiger partial charge in [0.25, 0.3) is 0 Å². The van der Waals surface area contributed by atoms with Gasteiger partial charge in [0.2, 0.25) is 0 Å². The molecule has 0 aliphatic heterocycles. The van der Waals surface area contributed by atoms with Crippen LogP contribution in [0.1, 0.15) is 99.8 Å². The van der Waals surface area contributed by atoms with Crippen molar-refractivity contribution in [3.8, 4) is 0 Å². The molecule has 2 N–H and O–H groups in total. The van der Waals surface area contributed by atoms with E-state index in [-0.39, 0.29) is 28.5 Å². The average molecular weight is 429 g/mol. The molecule has 3 saturated carbocycles. The van der Waals surface area contributed by atoms with E-state index in [1.807, 2.05) is 0 Å². The van der Waals surface area contributed by atoms with E-state index in [1.165, 1.54) is 36.8 Å². The molecule has 176 valence electrons. The highest BCUT2D eigenvalue weighted by Gasteiger charge is 2.63. The van der Waals surface area contributed by atoms with E-state index in [9.17, 15) is 10.2 Å². The summed E-state index contributed by atoms with van der Waals surface area (Å²) < 4.78 is 0. The van der Waals surface area contributed by atoms with E-state index in [2.05, 4.69) is 60.6 Å². The maximum absolute atomic E-state index is 11.7. The van der Waals surface area contributed by atoms with Crippen molar-refractivity contribution in [1.82, 2.24) is 0 Å². The van der Waals surface area contributed by atoms with E-state index in [0.29, 0.717) is 11.8 Å². The summed E-state index contributed by atoms with van der Waals surface area (Å²) in [5, 5.41) is 22.4. The van der Waals surface area contributed by atoms with Crippen LogP contribution in [-0.4, -0.2) is 22.4 Å². The van der Waals surface area contributed by atoms with E-state index < -0.39 is 0 Å². The molecule has 4 aliphatic rings. The number of hydrogen-bond donors (Lipinski definition) is 2. The number of aliphatic hydroxyl groups excluding tert-OH is 2. The molecule has 0 aromatic heterocycles. The summed E-state index contributed by atoms with van der Waals surface area (Å²) >= 11 is 0. The molecular formula is C29H48O2. The Bertz CT molecular complexity index is 744. The molecule has 3 fully saturated rings. The summed E-state index contributed by atoms with van der Waals surface area (Å²) in [5.41, 5.74) is 3.01.